The summed E-state index contributed by atoms with van der Waals surface area (Å²) >= 11 is 0. The van der Waals surface area contributed by atoms with Gasteiger partial charge in [0.2, 0.25) is 0 Å². The number of hydrogen-bond donors (Lipinski definition) is 0. The summed E-state index contributed by atoms with van der Waals surface area (Å²) in [5.74, 6) is 3.48. The molecular weight excluding hydrogens is 599 g/mol. The Morgan fingerprint density at radius 2 is 1.08 bits per heavy atom. The van der Waals surface area contributed by atoms with Gasteiger partial charge in [0.1, 0.15) is 23.0 Å². The minimum Gasteiger partial charge on any atom is -0.458 e. The van der Waals surface area contributed by atoms with Crippen molar-refractivity contribution in [1.82, 2.24) is 4.57 Å². The molecule has 0 amide bonds. The zero-order valence-corrected chi connectivity index (χ0v) is 27.2. The summed E-state index contributed by atoms with van der Waals surface area (Å²) in [7, 11) is 0. The van der Waals surface area contributed by atoms with Gasteiger partial charge in [-0.2, -0.15) is 0 Å². The molecule has 7 aromatic carbocycles. The van der Waals surface area contributed by atoms with E-state index in [0.29, 0.717) is 0 Å². The highest BCUT2D eigenvalue weighted by atomic mass is 16.5. The Morgan fingerprint density at radius 3 is 1.73 bits per heavy atom. The van der Waals surface area contributed by atoms with E-state index in [1.165, 1.54) is 11.1 Å². The van der Waals surface area contributed by atoms with Crippen LogP contribution < -0.4 is 30.8 Å². The topological polar surface area (TPSA) is 26.6 Å². The number of anilines is 3. The Labute approximate surface area is 285 Å². The first kappa shape index (κ1) is 27.9. The molecule has 0 atom stereocenters. The van der Waals surface area contributed by atoms with Gasteiger partial charge < -0.3 is 18.9 Å². The van der Waals surface area contributed by atoms with Gasteiger partial charge in [-0.05, 0) is 91.5 Å². The van der Waals surface area contributed by atoms with E-state index in [1.807, 2.05) is 6.07 Å². The number of aromatic nitrogens is 1. The van der Waals surface area contributed by atoms with E-state index >= 15 is 0 Å². The second-order valence-electron chi connectivity index (χ2n) is 13.1. The fourth-order valence-electron chi connectivity index (χ4n) is 7.74. The van der Waals surface area contributed by atoms with Crippen molar-refractivity contribution >= 4 is 62.0 Å². The third-order valence-electron chi connectivity index (χ3n) is 10.0. The molecule has 0 unspecified atom stereocenters. The average molecular weight is 631 g/mol. The summed E-state index contributed by atoms with van der Waals surface area (Å²) < 4.78 is 16.0. The summed E-state index contributed by atoms with van der Waals surface area (Å²) in [5, 5.41) is 2.22. The molecule has 0 radical (unpaired) electrons. The molecule has 49 heavy (non-hydrogen) atoms. The number of para-hydroxylation sites is 3. The van der Waals surface area contributed by atoms with E-state index in [1.54, 1.807) is 0 Å². The molecule has 0 fully saturated rings. The first-order valence-electron chi connectivity index (χ1n) is 16.8. The Morgan fingerprint density at radius 1 is 0.510 bits per heavy atom. The van der Waals surface area contributed by atoms with Crippen LogP contribution in [-0.2, 0) is 0 Å². The molecule has 2 aliphatic rings. The molecule has 0 saturated heterocycles. The highest BCUT2D eigenvalue weighted by Gasteiger charge is 2.41. The Balaban J connectivity index is 1.29. The van der Waals surface area contributed by atoms with Gasteiger partial charge in [-0.3, -0.25) is 0 Å². The van der Waals surface area contributed by atoms with Crippen molar-refractivity contribution in [3.05, 3.63) is 163 Å². The molecule has 0 aliphatic carbocycles. The number of rotatable bonds is 4. The molecule has 2 aliphatic heterocycles. The largest absolute Gasteiger partial charge is 0.458 e. The van der Waals surface area contributed by atoms with Crippen molar-refractivity contribution in [1.29, 1.82) is 0 Å². The average Bonchev–Trinajstić information content (AvgIpc) is 3.47. The number of nitrogens with zero attached hydrogens (tertiary/aromatic N) is 2. The van der Waals surface area contributed by atoms with Gasteiger partial charge in [0.15, 0.2) is 0 Å². The van der Waals surface area contributed by atoms with Crippen molar-refractivity contribution in [2.45, 2.75) is 13.8 Å². The van der Waals surface area contributed by atoms with Crippen LogP contribution in [0.5, 0.6) is 23.0 Å². The van der Waals surface area contributed by atoms with Crippen molar-refractivity contribution in [2.24, 2.45) is 0 Å². The number of fused-ring (bicyclic) bond motifs is 8. The Kier molecular flexibility index (Phi) is 6.06. The number of ether oxygens (including phenoxy) is 2. The van der Waals surface area contributed by atoms with E-state index in [9.17, 15) is 0 Å². The van der Waals surface area contributed by atoms with Gasteiger partial charge in [-0.1, -0.05) is 90.0 Å². The van der Waals surface area contributed by atoms with Crippen LogP contribution >= 0.6 is 0 Å². The lowest BCUT2D eigenvalue weighted by Crippen LogP contribution is -2.57. The van der Waals surface area contributed by atoms with Crippen LogP contribution in [0.3, 0.4) is 0 Å². The summed E-state index contributed by atoms with van der Waals surface area (Å²) in [6.07, 6.45) is 0. The van der Waals surface area contributed by atoms with Crippen molar-refractivity contribution in [3.63, 3.8) is 0 Å². The SMILES string of the molecule is Cc1ccc(N(c2ccc(C)cc2)c2ccc3c4c5c6c(cc4n(-c4ccccc4)c3c2)Oc2ccccc2B6c2ccccc2O5)cc1. The van der Waals surface area contributed by atoms with Crippen molar-refractivity contribution in [2.75, 3.05) is 4.90 Å². The zero-order chi connectivity index (χ0) is 32.6. The Bertz CT molecular complexity index is 2520. The van der Waals surface area contributed by atoms with Crippen LogP contribution in [0.2, 0.25) is 0 Å². The summed E-state index contributed by atoms with van der Waals surface area (Å²) in [6.45, 7) is 4.27. The predicted octanol–water partition coefficient (Wildman–Crippen LogP) is 9.60. The number of hydrogen-bond acceptors (Lipinski definition) is 3. The molecule has 10 rings (SSSR count). The van der Waals surface area contributed by atoms with Crippen LogP contribution in [0.25, 0.3) is 27.5 Å². The lowest BCUT2D eigenvalue weighted by Gasteiger charge is -2.33. The monoisotopic (exact) mass is 630 g/mol. The third kappa shape index (κ3) is 4.25. The molecule has 0 spiro atoms. The fourth-order valence-corrected chi connectivity index (χ4v) is 7.74. The molecule has 0 saturated carbocycles. The smallest absolute Gasteiger partial charge is 0.260 e. The van der Waals surface area contributed by atoms with E-state index in [-0.39, 0.29) is 6.71 Å². The van der Waals surface area contributed by atoms with E-state index < -0.39 is 0 Å². The summed E-state index contributed by atoms with van der Waals surface area (Å²) in [6, 6.07) is 54.0. The minimum atomic E-state index is 0.0114. The second kappa shape index (κ2) is 10.7. The maximum Gasteiger partial charge on any atom is 0.260 e. The van der Waals surface area contributed by atoms with E-state index in [4.69, 9.17) is 9.47 Å². The Hall–Kier alpha value is -6.20. The van der Waals surface area contributed by atoms with E-state index in [2.05, 4.69) is 169 Å². The maximum atomic E-state index is 6.94. The highest BCUT2D eigenvalue weighted by Crippen LogP contribution is 2.46. The molecule has 3 heterocycles. The zero-order valence-electron chi connectivity index (χ0n) is 27.2. The lowest BCUT2D eigenvalue weighted by atomic mass is 9.35. The molecule has 232 valence electrons. The quantitative estimate of drug-likeness (QED) is 0.181. The lowest BCUT2D eigenvalue weighted by molar-refractivity contribution is 0.468. The second-order valence-corrected chi connectivity index (χ2v) is 13.1. The molecule has 5 heteroatoms. The number of benzene rings is 7. The molecule has 0 N–H and O–H groups in total. The minimum absolute atomic E-state index is 0.0114. The molecular formula is C44H31BN2O2. The normalized spacial score (nSPS) is 12.6. The molecule has 1 aromatic heterocycles. The standard InChI is InChI=1S/C44H31BN2O2/c1-28-16-20-31(21-17-28)46(32-22-18-29(2)19-23-32)33-24-25-34-37(26-33)47(30-10-4-3-5-11-30)38-27-41-43-44(42(34)38)49-40-15-9-7-13-36(40)45(43)35-12-6-8-14-39(35)48-41/h3-27H,1-2H3. The maximum absolute atomic E-state index is 6.94. The van der Waals surface area contributed by atoms with Gasteiger partial charge in [0.25, 0.3) is 6.71 Å². The number of aryl methyl sites for hydroxylation is 2. The predicted molar refractivity (Wildman–Crippen MR) is 203 cm³/mol. The van der Waals surface area contributed by atoms with Crippen LogP contribution in [0.15, 0.2) is 152 Å². The van der Waals surface area contributed by atoms with Crippen LogP contribution in [0.1, 0.15) is 11.1 Å². The first-order chi connectivity index (χ1) is 24.1. The summed E-state index contributed by atoms with van der Waals surface area (Å²) in [5.41, 5.74) is 12.4. The third-order valence-corrected chi connectivity index (χ3v) is 10.0. The summed E-state index contributed by atoms with van der Waals surface area (Å²) in [4.78, 5) is 2.34. The van der Waals surface area contributed by atoms with Gasteiger partial charge in [-0.15, -0.1) is 0 Å². The molecule has 8 aromatic rings. The molecule has 0 bridgehead atoms. The fraction of sp³-hybridized carbons (Fsp3) is 0.0455. The van der Waals surface area contributed by atoms with Gasteiger partial charge in [0, 0.05) is 39.7 Å². The van der Waals surface area contributed by atoms with Gasteiger partial charge in [-0.25, -0.2) is 0 Å². The van der Waals surface area contributed by atoms with Crippen LogP contribution in [0.4, 0.5) is 17.1 Å². The van der Waals surface area contributed by atoms with Crippen molar-refractivity contribution < 1.29 is 9.47 Å². The highest BCUT2D eigenvalue weighted by molar-refractivity contribution is 6.98. The van der Waals surface area contributed by atoms with E-state index in [0.717, 1.165) is 83.9 Å². The van der Waals surface area contributed by atoms with Crippen LogP contribution in [0, 0.1) is 13.8 Å². The van der Waals surface area contributed by atoms with Gasteiger partial charge >= 0.3 is 0 Å². The van der Waals surface area contributed by atoms with Gasteiger partial charge in [0.05, 0.1) is 16.4 Å². The first-order valence-corrected chi connectivity index (χ1v) is 16.8. The van der Waals surface area contributed by atoms with Crippen molar-refractivity contribution in [3.8, 4) is 28.7 Å². The van der Waals surface area contributed by atoms with Crippen LogP contribution in [-0.4, -0.2) is 11.3 Å². The molecule has 4 nitrogen and oxygen atoms in total.